The summed E-state index contributed by atoms with van der Waals surface area (Å²) in [7, 11) is 1.87. The van der Waals surface area contributed by atoms with Gasteiger partial charge in [-0.25, -0.2) is 9.38 Å². The zero-order chi connectivity index (χ0) is 16.3. The number of hydrogen-bond acceptors (Lipinski definition) is 3. The van der Waals surface area contributed by atoms with E-state index in [1.54, 1.807) is 12.1 Å². The monoisotopic (exact) mass is 299 g/mol. The second-order valence-corrected chi connectivity index (χ2v) is 5.14. The number of allylic oxidation sites excluding steroid dienone is 2. The number of halogens is 1. The van der Waals surface area contributed by atoms with Crippen molar-refractivity contribution in [2.75, 3.05) is 7.05 Å². The van der Waals surface area contributed by atoms with Crippen molar-refractivity contribution in [3.63, 3.8) is 0 Å². The molecule has 0 bridgehead atoms. The van der Waals surface area contributed by atoms with Crippen molar-refractivity contribution in [3.05, 3.63) is 60.6 Å². The quantitative estimate of drug-likeness (QED) is 0.824. The summed E-state index contributed by atoms with van der Waals surface area (Å²) in [5.41, 5.74) is 2.60. The highest BCUT2D eigenvalue weighted by Crippen LogP contribution is 2.38. The van der Waals surface area contributed by atoms with Crippen LogP contribution >= 0.6 is 0 Å². The van der Waals surface area contributed by atoms with Crippen LogP contribution in [0.5, 0.6) is 0 Å². The number of benzene rings is 1. The molecule has 1 aliphatic rings. The molecule has 116 valence electrons. The number of rotatable bonds is 5. The predicted octanol–water partition coefficient (Wildman–Crippen LogP) is 4.23. The summed E-state index contributed by atoms with van der Waals surface area (Å²) >= 11 is 0. The molecule has 0 amide bonds. The lowest BCUT2D eigenvalue weighted by Gasteiger charge is -2.36. The van der Waals surface area contributed by atoms with Crippen molar-refractivity contribution >= 4 is 17.2 Å². The minimum Gasteiger partial charge on any atom is -0.311 e. The molecule has 1 aromatic rings. The van der Waals surface area contributed by atoms with Gasteiger partial charge in [0.05, 0.1) is 23.0 Å². The lowest BCUT2D eigenvalue weighted by Crippen LogP contribution is -2.43. The van der Waals surface area contributed by atoms with Crippen LogP contribution in [0.15, 0.2) is 54.2 Å². The predicted molar refractivity (Wildman–Crippen MR) is 91.5 cm³/mol. The minimum absolute atomic E-state index is 0.00614. The molecule has 3 nitrogen and oxygen atoms in total. The number of nitrogens with one attached hydrogen (secondary N) is 1. The molecule has 2 rings (SSSR count). The molecule has 1 aliphatic heterocycles. The molecule has 0 aromatic heterocycles. The van der Waals surface area contributed by atoms with E-state index in [0.717, 1.165) is 18.0 Å². The first-order valence-electron chi connectivity index (χ1n) is 7.41. The fraction of sp³-hybridized carbons (Fsp3) is 0.278. The number of nitrogens with zero attached hydrogens (tertiary/aromatic N) is 2. The summed E-state index contributed by atoms with van der Waals surface area (Å²) in [6, 6.07) is 4.96. The van der Waals surface area contributed by atoms with E-state index in [-0.39, 0.29) is 11.9 Å². The molecule has 22 heavy (non-hydrogen) atoms. The third-order valence-corrected chi connectivity index (χ3v) is 3.69. The van der Waals surface area contributed by atoms with Crippen molar-refractivity contribution in [2.24, 2.45) is 4.99 Å². The van der Waals surface area contributed by atoms with Gasteiger partial charge in [-0.3, -0.25) is 4.90 Å². The van der Waals surface area contributed by atoms with E-state index in [2.05, 4.69) is 23.5 Å². The molecule has 1 N–H and O–H groups in total. The molecule has 0 saturated heterocycles. The van der Waals surface area contributed by atoms with Crippen LogP contribution in [0.4, 0.5) is 10.1 Å². The molecule has 0 spiro atoms. The highest BCUT2D eigenvalue weighted by molar-refractivity contribution is 6.02. The molecule has 0 saturated carbocycles. The summed E-state index contributed by atoms with van der Waals surface area (Å²) < 4.78 is 14.4. The average molecular weight is 299 g/mol. The SMILES string of the molecule is C=CC(=C)N1C(=CCC)c2c(F)cccc2N=C1C(C)NC. The molecule has 1 aromatic carbocycles. The fourth-order valence-electron chi connectivity index (χ4n) is 2.47. The molecule has 1 heterocycles. The molecule has 4 heteroatoms. The maximum absolute atomic E-state index is 14.4. The normalized spacial score (nSPS) is 17.0. The van der Waals surface area contributed by atoms with Gasteiger partial charge < -0.3 is 5.32 Å². The van der Waals surface area contributed by atoms with E-state index in [0.29, 0.717) is 16.9 Å². The van der Waals surface area contributed by atoms with Gasteiger partial charge in [-0.05, 0) is 38.6 Å². The fourth-order valence-corrected chi connectivity index (χ4v) is 2.47. The summed E-state index contributed by atoms with van der Waals surface area (Å²) in [5.74, 6) is 0.504. The Bertz CT molecular complexity index is 658. The molecule has 0 fully saturated rings. The van der Waals surface area contributed by atoms with Gasteiger partial charge in [-0.2, -0.15) is 0 Å². The van der Waals surface area contributed by atoms with Crippen LogP contribution in [-0.4, -0.2) is 23.8 Å². The first-order chi connectivity index (χ1) is 10.5. The van der Waals surface area contributed by atoms with Gasteiger partial charge in [0.2, 0.25) is 0 Å². The second-order valence-electron chi connectivity index (χ2n) is 5.14. The van der Waals surface area contributed by atoms with E-state index in [4.69, 9.17) is 0 Å². The van der Waals surface area contributed by atoms with Gasteiger partial charge in [0, 0.05) is 5.70 Å². The standard InChI is InChI=1S/C18H22FN3/c1-6-9-16-17-14(19)10-8-11-15(17)21-18(13(4)20-5)22(16)12(3)7-2/h7-11,13,20H,2-3,6H2,1,4-5H3. The van der Waals surface area contributed by atoms with Crippen LogP contribution in [0, 0.1) is 5.82 Å². The molecular weight excluding hydrogens is 277 g/mol. The third-order valence-electron chi connectivity index (χ3n) is 3.69. The van der Waals surface area contributed by atoms with Gasteiger partial charge in [0.15, 0.2) is 0 Å². The van der Waals surface area contributed by atoms with E-state index in [1.807, 2.05) is 37.9 Å². The van der Waals surface area contributed by atoms with E-state index >= 15 is 0 Å². The first kappa shape index (κ1) is 16.2. The first-order valence-corrected chi connectivity index (χ1v) is 7.41. The number of aliphatic imine (C=N–C) groups is 1. The highest BCUT2D eigenvalue weighted by Gasteiger charge is 2.30. The Morgan fingerprint density at radius 3 is 2.82 bits per heavy atom. The van der Waals surface area contributed by atoms with E-state index in [9.17, 15) is 4.39 Å². The van der Waals surface area contributed by atoms with Crippen molar-refractivity contribution in [2.45, 2.75) is 26.3 Å². The summed E-state index contributed by atoms with van der Waals surface area (Å²) in [4.78, 5) is 6.53. The van der Waals surface area contributed by atoms with Gasteiger partial charge in [-0.1, -0.05) is 32.2 Å². The number of likely N-dealkylation sites (N-methyl/N-ethyl adjacent to an activating group) is 1. The summed E-state index contributed by atoms with van der Waals surface area (Å²) in [6.45, 7) is 11.9. The zero-order valence-corrected chi connectivity index (χ0v) is 13.4. The van der Waals surface area contributed by atoms with Crippen molar-refractivity contribution < 1.29 is 4.39 Å². The Balaban J connectivity index is 2.75. The minimum atomic E-state index is -0.279. The van der Waals surface area contributed by atoms with Crippen LogP contribution in [0.2, 0.25) is 0 Å². The van der Waals surface area contributed by atoms with Gasteiger partial charge in [0.25, 0.3) is 0 Å². The highest BCUT2D eigenvalue weighted by atomic mass is 19.1. The number of fused-ring (bicyclic) bond motifs is 1. The van der Waals surface area contributed by atoms with Crippen molar-refractivity contribution in [3.8, 4) is 0 Å². The van der Waals surface area contributed by atoms with Crippen LogP contribution in [-0.2, 0) is 0 Å². The van der Waals surface area contributed by atoms with E-state index < -0.39 is 0 Å². The van der Waals surface area contributed by atoms with Gasteiger partial charge in [0.1, 0.15) is 11.7 Å². The second kappa shape index (κ2) is 6.71. The third kappa shape index (κ3) is 2.74. The Kier molecular flexibility index (Phi) is 4.93. The van der Waals surface area contributed by atoms with Crippen molar-refractivity contribution in [1.29, 1.82) is 0 Å². The van der Waals surface area contributed by atoms with E-state index in [1.165, 1.54) is 6.07 Å². The molecule has 1 atom stereocenters. The topological polar surface area (TPSA) is 27.6 Å². The van der Waals surface area contributed by atoms with Crippen LogP contribution < -0.4 is 5.32 Å². The van der Waals surface area contributed by atoms with Crippen LogP contribution in [0.25, 0.3) is 5.70 Å². The Labute approximate surface area is 131 Å². The lowest BCUT2D eigenvalue weighted by atomic mass is 10.0. The van der Waals surface area contributed by atoms with Gasteiger partial charge in [-0.15, -0.1) is 0 Å². The maximum atomic E-state index is 14.4. The maximum Gasteiger partial charge on any atom is 0.134 e. The molecule has 1 unspecified atom stereocenters. The Morgan fingerprint density at radius 1 is 1.50 bits per heavy atom. The van der Waals surface area contributed by atoms with Crippen LogP contribution in [0.1, 0.15) is 25.8 Å². The molecule has 0 aliphatic carbocycles. The van der Waals surface area contributed by atoms with Crippen LogP contribution in [0.3, 0.4) is 0 Å². The zero-order valence-electron chi connectivity index (χ0n) is 13.4. The smallest absolute Gasteiger partial charge is 0.134 e. The summed E-state index contributed by atoms with van der Waals surface area (Å²) in [6.07, 6.45) is 4.44. The van der Waals surface area contributed by atoms with Gasteiger partial charge >= 0.3 is 0 Å². The molecule has 0 radical (unpaired) electrons. The van der Waals surface area contributed by atoms with Crippen molar-refractivity contribution in [1.82, 2.24) is 10.2 Å². The number of amidine groups is 1. The lowest BCUT2D eigenvalue weighted by molar-refractivity contribution is 0.601. The Morgan fingerprint density at radius 2 is 2.23 bits per heavy atom. The largest absolute Gasteiger partial charge is 0.311 e. The Hall–Kier alpha value is -2.20. The average Bonchev–Trinajstić information content (AvgIpc) is 2.53. The number of hydrogen-bond donors (Lipinski definition) is 1. The molecular formula is C18H22FN3. The summed E-state index contributed by atoms with van der Waals surface area (Å²) in [5, 5.41) is 3.18.